The third-order valence-electron chi connectivity index (χ3n) is 7.27. The van der Waals surface area contributed by atoms with Crippen molar-refractivity contribution in [3.63, 3.8) is 0 Å². The lowest BCUT2D eigenvalue weighted by atomic mass is 10.1. The maximum Gasteiger partial charge on any atom is 0.227 e. The van der Waals surface area contributed by atoms with Crippen LogP contribution in [0.5, 0.6) is 0 Å². The van der Waals surface area contributed by atoms with Gasteiger partial charge in [0.15, 0.2) is 5.58 Å². The van der Waals surface area contributed by atoms with Gasteiger partial charge < -0.3 is 8.98 Å². The molecule has 0 saturated heterocycles. The van der Waals surface area contributed by atoms with Crippen molar-refractivity contribution in [2.75, 3.05) is 0 Å². The zero-order valence-corrected chi connectivity index (χ0v) is 20.9. The second-order valence-corrected chi connectivity index (χ2v) is 9.55. The van der Waals surface area contributed by atoms with Crippen molar-refractivity contribution in [3.05, 3.63) is 134 Å². The molecule has 0 spiro atoms. The van der Waals surface area contributed by atoms with Gasteiger partial charge in [0, 0.05) is 40.3 Å². The van der Waals surface area contributed by atoms with Crippen LogP contribution in [0.15, 0.2) is 138 Å². The van der Waals surface area contributed by atoms with Gasteiger partial charge in [0.05, 0.1) is 16.4 Å². The number of oxazole rings is 1. The van der Waals surface area contributed by atoms with E-state index < -0.39 is 0 Å². The predicted molar refractivity (Wildman–Crippen MR) is 156 cm³/mol. The predicted octanol–water partition coefficient (Wildman–Crippen LogP) is 8.44. The summed E-state index contributed by atoms with van der Waals surface area (Å²) in [4.78, 5) is 9.46. The van der Waals surface area contributed by atoms with Gasteiger partial charge in [-0.2, -0.15) is 0 Å². The molecule has 5 nitrogen and oxygen atoms in total. The highest BCUT2D eigenvalue weighted by atomic mass is 16.3. The summed E-state index contributed by atoms with van der Waals surface area (Å²) in [6.07, 6.45) is 3.84. The molecule has 3 heterocycles. The van der Waals surface area contributed by atoms with Crippen LogP contribution >= 0.6 is 0 Å². The van der Waals surface area contributed by atoms with E-state index in [-0.39, 0.29) is 0 Å². The van der Waals surface area contributed by atoms with Crippen LogP contribution in [0, 0.1) is 0 Å². The van der Waals surface area contributed by atoms with Crippen molar-refractivity contribution in [2.45, 2.75) is 0 Å². The Morgan fingerprint density at radius 3 is 2.15 bits per heavy atom. The Morgan fingerprint density at radius 1 is 0.590 bits per heavy atom. The smallest absolute Gasteiger partial charge is 0.227 e. The lowest BCUT2D eigenvalue weighted by Gasteiger charge is -2.11. The Hall–Kier alpha value is -5.42. The third kappa shape index (κ3) is 3.41. The highest BCUT2D eigenvalue weighted by Crippen LogP contribution is 2.38. The molecule has 8 rings (SSSR count). The van der Waals surface area contributed by atoms with E-state index in [0.29, 0.717) is 5.89 Å². The van der Waals surface area contributed by atoms with Crippen molar-refractivity contribution >= 4 is 32.9 Å². The third-order valence-corrected chi connectivity index (χ3v) is 7.27. The molecule has 0 radical (unpaired) electrons. The van der Waals surface area contributed by atoms with E-state index in [0.717, 1.165) is 61.2 Å². The van der Waals surface area contributed by atoms with Crippen molar-refractivity contribution in [2.24, 2.45) is 0 Å². The van der Waals surface area contributed by atoms with Gasteiger partial charge >= 0.3 is 0 Å². The number of aromatic nitrogens is 4. The number of para-hydroxylation sites is 2. The van der Waals surface area contributed by atoms with Crippen LogP contribution in [0.25, 0.3) is 67.1 Å². The summed E-state index contributed by atoms with van der Waals surface area (Å²) in [7, 11) is 0. The fourth-order valence-electron chi connectivity index (χ4n) is 5.49. The van der Waals surface area contributed by atoms with E-state index in [2.05, 4.69) is 80.8 Å². The molecule has 0 fully saturated rings. The summed E-state index contributed by atoms with van der Waals surface area (Å²) >= 11 is 0. The quantitative estimate of drug-likeness (QED) is 0.243. The topological polar surface area (TPSA) is 48.8 Å². The van der Waals surface area contributed by atoms with Crippen LogP contribution in [-0.2, 0) is 0 Å². The zero-order valence-electron chi connectivity index (χ0n) is 20.9. The number of imidazole rings is 1. The van der Waals surface area contributed by atoms with Crippen LogP contribution in [0.2, 0.25) is 0 Å². The van der Waals surface area contributed by atoms with Gasteiger partial charge in [0.2, 0.25) is 5.89 Å². The summed E-state index contributed by atoms with van der Waals surface area (Å²) in [5.74, 6) is 1.54. The summed E-state index contributed by atoms with van der Waals surface area (Å²) in [5.41, 5.74) is 8.05. The minimum atomic E-state index is 0.633. The Balaban J connectivity index is 1.29. The van der Waals surface area contributed by atoms with Gasteiger partial charge in [0.1, 0.15) is 11.3 Å². The molecule has 8 aromatic rings. The second kappa shape index (κ2) is 8.57. The Morgan fingerprint density at radius 2 is 1.33 bits per heavy atom. The molecule has 0 bridgehead atoms. The van der Waals surface area contributed by atoms with Gasteiger partial charge in [-0.25, -0.2) is 9.97 Å². The lowest BCUT2D eigenvalue weighted by molar-refractivity contribution is 0.623. The molecule has 0 atom stereocenters. The first-order chi connectivity index (χ1) is 19.3. The molecule has 0 amide bonds. The molecule has 0 aliphatic carbocycles. The van der Waals surface area contributed by atoms with E-state index in [4.69, 9.17) is 9.40 Å². The molecule has 0 saturated carbocycles. The largest absolute Gasteiger partial charge is 0.435 e. The van der Waals surface area contributed by atoms with E-state index in [1.165, 1.54) is 0 Å². The van der Waals surface area contributed by atoms with E-state index in [1.807, 2.05) is 67.0 Å². The number of hydrogen-bond donors (Lipinski definition) is 0. The Labute approximate surface area is 224 Å². The number of hydrogen-bond acceptors (Lipinski definition) is 3. The van der Waals surface area contributed by atoms with Gasteiger partial charge in [-0.05, 0) is 66.7 Å². The van der Waals surface area contributed by atoms with Gasteiger partial charge in [-0.3, -0.25) is 4.57 Å². The SMILES string of the molecule is c1ccc(-c2nc3ccc4c(c5ccccc5n4-c4ccc(-c5nccn5-c5ccccc5)cc4)c3o2)cc1. The summed E-state index contributed by atoms with van der Waals surface area (Å²) < 4.78 is 10.8. The van der Waals surface area contributed by atoms with Crippen LogP contribution in [0.1, 0.15) is 0 Å². The molecule has 0 N–H and O–H groups in total. The molecule has 0 aliphatic rings. The molecule has 184 valence electrons. The van der Waals surface area contributed by atoms with Crippen LogP contribution < -0.4 is 0 Å². The first kappa shape index (κ1) is 21.6. The normalized spacial score (nSPS) is 11.6. The van der Waals surface area contributed by atoms with Crippen molar-refractivity contribution in [1.29, 1.82) is 0 Å². The highest BCUT2D eigenvalue weighted by Gasteiger charge is 2.19. The molecule has 39 heavy (non-hydrogen) atoms. The molecular weight excluding hydrogens is 480 g/mol. The van der Waals surface area contributed by atoms with Crippen LogP contribution in [0.3, 0.4) is 0 Å². The first-order valence-electron chi connectivity index (χ1n) is 12.9. The Kier molecular flexibility index (Phi) is 4.76. The summed E-state index contributed by atoms with van der Waals surface area (Å²) in [6, 6.07) is 41.6. The maximum absolute atomic E-state index is 6.41. The van der Waals surface area contributed by atoms with Crippen LogP contribution in [0.4, 0.5) is 0 Å². The fraction of sp³-hybridized carbons (Fsp3) is 0. The maximum atomic E-state index is 6.41. The minimum Gasteiger partial charge on any atom is -0.435 e. The standard InChI is InChI=1S/C34H22N4O/c1-3-9-24(10-4-1)34-36-28-19-20-30-31(32(28)39-34)27-13-7-8-14-29(27)38(30)26-17-15-23(16-18-26)33-35-21-22-37(33)25-11-5-2-6-12-25/h1-22H. The molecule has 0 unspecified atom stereocenters. The number of nitrogens with zero attached hydrogens (tertiary/aromatic N) is 4. The summed E-state index contributed by atoms with van der Waals surface area (Å²) in [6.45, 7) is 0. The molecule has 3 aromatic heterocycles. The van der Waals surface area contributed by atoms with E-state index in [9.17, 15) is 0 Å². The molecule has 5 aromatic carbocycles. The second-order valence-electron chi connectivity index (χ2n) is 9.55. The molecular formula is C34H22N4O. The van der Waals surface area contributed by atoms with Gasteiger partial charge in [-0.15, -0.1) is 0 Å². The zero-order chi connectivity index (χ0) is 25.8. The molecule has 0 aliphatic heterocycles. The fourth-order valence-corrected chi connectivity index (χ4v) is 5.49. The van der Waals surface area contributed by atoms with Crippen molar-refractivity contribution in [1.82, 2.24) is 19.1 Å². The first-order valence-corrected chi connectivity index (χ1v) is 12.9. The van der Waals surface area contributed by atoms with Crippen molar-refractivity contribution in [3.8, 4) is 34.2 Å². The monoisotopic (exact) mass is 502 g/mol. The van der Waals surface area contributed by atoms with E-state index >= 15 is 0 Å². The van der Waals surface area contributed by atoms with Gasteiger partial charge in [-0.1, -0.05) is 54.6 Å². The lowest BCUT2D eigenvalue weighted by Crippen LogP contribution is -1.97. The number of fused-ring (bicyclic) bond motifs is 5. The number of benzene rings is 5. The summed E-state index contributed by atoms with van der Waals surface area (Å²) in [5, 5.41) is 2.21. The van der Waals surface area contributed by atoms with E-state index in [1.54, 1.807) is 0 Å². The average Bonchev–Trinajstić information content (AvgIpc) is 3.74. The van der Waals surface area contributed by atoms with Crippen molar-refractivity contribution < 1.29 is 4.42 Å². The number of rotatable bonds is 4. The molecule has 5 heteroatoms. The average molecular weight is 503 g/mol. The van der Waals surface area contributed by atoms with Gasteiger partial charge in [0.25, 0.3) is 0 Å². The van der Waals surface area contributed by atoms with Crippen LogP contribution in [-0.4, -0.2) is 19.1 Å². The Bertz CT molecular complexity index is 2100. The minimum absolute atomic E-state index is 0.633. The highest BCUT2D eigenvalue weighted by molar-refractivity contribution is 6.19.